The van der Waals surface area contributed by atoms with Gasteiger partial charge in [0.05, 0.1) is 0 Å². The summed E-state index contributed by atoms with van der Waals surface area (Å²) in [6.45, 7) is 1.77. The molecule has 0 nitrogen and oxygen atoms in total. The van der Waals surface area contributed by atoms with E-state index in [-0.39, 0.29) is 6.42 Å². The molecule has 0 bridgehead atoms. The normalized spacial score (nSPS) is 24.1. The summed E-state index contributed by atoms with van der Waals surface area (Å²) in [5, 5.41) is 0. The summed E-state index contributed by atoms with van der Waals surface area (Å²) in [5.74, 6) is -2.48. The van der Waals surface area contributed by atoms with E-state index in [0.717, 1.165) is 0 Å². The summed E-state index contributed by atoms with van der Waals surface area (Å²) in [7, 11) is 0. The van der Waals surface area contributed by atoms with E-state index in [1.54, 1.807) is 13.0 Å². The summed E-state index contributed by atoms with van der Waals surface area (Å²) < 4.78 is 25.1. The molecule has 52 valence electrons. The second-order valence-electron chi connectivity index (χ2n) is 2.33. The fraction of sp³-hybridized carbons (Fsp3) is 0.714. The highest BCUT2D eigenvalue weighted by molar-refractivity contribution is 5.17. The van der Waals surface area contributed by atoms with Crippen LogP contribution in [0.1, 0.15) is 26.2 Å². The maximum atomic E-state index is 12.5. The Bertz CT molecular complexity index is 136. The third-order valence-corrected chi connectivity index (χ3v) is 1.70. The van der Waals surface area contributed by atoms with Crippen molar-refractivity contribution in [1.29, 1.82) is 0 Å². The maximum Gasteiger partial charge on any atom is 0.269 e. The number of halogens is 2. The minimum atomic E-state index is -2.48. The summed E-state index contributed by atoms with van der Waals surface area (Å²) in [6.07, 6.45) is 2.72. The van der Waals surface area contributed by atoms with Crippen LogP contribution in [0.3, 0.4) is 0 Å². The highest BCUT2D eigenvalue weighted by Gasteiger charge is 2.35. The molecule has 0 saturated heterocycles. The van der Waals surface area contributed by atoms with Crippen LogP contribution in [-0.4, -0.2) is 5.92 Å². The predicted octanol–water partition coefficient (Wildman–Crippen LogP) is 2.75. The Balaban J connectivity index is 2.69. The van der Waals surface area contributed by atoms with Gasteiger partial charge in [-0.1, -0.05) is 13.0 Å². The van der Waals surface area contributed by atoms with Gasteiger partial charge >= 0.3 is 0 Å². The van der Waals surface area contributed by atoms with Crippen LogP contribution in [0.4, 0.5) is 8.78 Å². The molecular formula is C7H10F2. The van der Waals surface area contributed by atoms with Gasteiger partial charge in [0.15, 0.2) is 0 Å². The molecule has 0 aromatic rings. The number of rotatable bonds is 1. The molecule has 0 aliphatic heterocycles. The summed E-state index contributed by atoms with van der Waals surface area (Å²) >= 11 is 0. The molecule has 0 heterocycles. The average molecular weight is 132 g/mol. The van der Waals surface area contributed by atoms with E-state index < -0.39 is 5.92 Å². The smallest absolute Gasteiger partial charge is 0.202 e. The van der Waals surface area contributed by atoms with Gasteiger partial charge in [0.1, 0.15) is 0 Å². The number of allylic oxidation sites excluding steroid dienone is 2. The van der Waals surface area contributed by atoms with E-state index in [1.165, 1.54) is 0 Å². The molecule has 1 aliphatic carbocycles. The minimum Gasteiger partial charge on any atom is -0.202 e. The molecule has 1 rings (SSSR count). The number of hydrogen-bond acceptors (Lipinski definition) is 0. The topological polar surface area (TPSA) is 0 Å². The van der Waals surface area contributed by atoms with E-state index in [4.69, 9.17) is 0 Å². The zero-order chi connectivity index (χ0) is 6.91. The van der Waals surface area contributed by atoms with Gasteiger partial charge in [0.2, 0.25) is 0 Å². The van der Waals surface area contributed by atoms with Crippen molar-refractivity contribution in [3.63, 3.8) is 0 Å². The lowest BCUT2D eigenvalue weighted by Crippen LogP contribution is -2.13. The van der Waals surface area contributed by atoms with Gasteiger partial charge in [-0.05, 0) is 18.4 Å². The standard InChI is InChI=1S/C7H10F2/c1-2-6-4-3-5-7(6,8)9/h4H,2-3,5H2,1H3. The van der Waals surface area contributed by atoms with E-state index >= 15 is 0 Å². The molecule has 0 atom stereocenters. The largest absolute Gasteiger partial charge is 0.269 e. The van der Waals surface area contributed by atoms with Crippen LogP contribution in [0.25, 0.3) is 0 Å². The lowest BCUT2D eigenvalue weighted by Gasteiger charge is -2.10. The van der Waals surface area contributed by atoms with Crippen molar-refractivity contribution in [2.75, 3.05) is 0 Å². The Hall–Kier alpha value is -0.400. The molecule has 0 fully saturated rings. The van der Waals surface area contributed by atoms with Gasteiger partial charge in [0, 0.05) is 6.42 Å². The first-order valence-electron chi connectivity index (χ1n) is 3.24. The highest BCUT2D eigenvalue weighted by Crippen LogP contribution is 2.36. The highest BCUT2D eigenvalue weighted by atomic mass is 19.3. The van der Waals surface area contributed by atoms with Gasteiger partial charge in [-0.2, -0.15) is 0 Å². The predicted molar refractivity (Wildman–Crippen MR) is 32.6 cm³/mol. The second-order valence-corrected chi connectivity index (χ2v) is 2.33. The third kappa shape index (κ3) is 1.12. The average Bonchev–Trinajstić information content (AvgIpc) is 2.08. The van der Waals surface area contributed by atoms with Crippen molar-refractivity contribution in [2.24, 2.45) is 0 Å². The zero-order valence-electron chi connectivity index (χ0n) is 5.45. The molecule has 2 heteroatoms. The van der Waals surface area contributed by atoms with Crippen molar-refractivity contribution < 1.29 is 8.78 Å². The van der Waals surface area contributed by atoms with Crippen LogP contribution in [0.15, 0.2) is 11.6 Å². The number of alkyl halides is 2. The first kappa shape index (κ1) is 6.72. The first-order chi connectivity index (χ1) is 4.17. The monoisotopic (exact) mass is 132 g/mol. The van der Waals surface area contributed by atoms with E-state index in [0.29, 0.717) is 18.4 Å². The van der Waals surface area contributed by atoms with Gasteiger partial charge in [-0.15, -0.1) is 0 Å². The maximum absolute atomic E-state index is 12.5. The fourth-order valence-electron chi connectivity index (χ4n) is 1.14. The molecule has 0 aromatic carbocycles. The van der Waals surface area contributed by atoms with Crippen molar-refractivity contribution in [1.82, 2.24) is 0 Å². The molecule has 1 aliphatic rings. The van der Waals surface area contributed by atoms with Gasteiger partial charge < -0.3 is 0 Å². The Labute approximate surface area is 53.6 Å². The third-order valence-electron chi connectivity index (χ3n) is 1.70. The summed E-state index contributed by atoms with van der Waals surface area (Å²) in [5.41, 5.74) is 0.322. The molecule has 0 N–H and O–H groups in total. The molecule has 0 radical (unpaired) electrons. The Morgan fingerprint density at radius 3 is 2.56 bits per heavy atom. The zero-order valence-corrected chi connectivity index (χ0v) is 5.45. The van der Waals surface area contributed by atoms with Crippen molar-refractivity contribution in [3.05, 3.63) is 11.6 Å². The Kier molecular flexibility index (Phi) is 1.56. The van der Waals surface area contributed by atoms with Gasteiger partial charge in [0.25, 0.3) is 5.92 Å². The molecule has 0 saturated carbocycles. The van der Waals surface area contributed by atoms with Crippen LogP contribution in [0.5, 0.6) is 0 Å². The minimum absolute atomic E-state index is 0.0240. The SMILES string of the molecule is CCC1=CCCC1(F)F. The van der Waals surface area contributed by atoms with Crippen molar-refractivity contribution in [2.45, 2.75) is 32.1 Å². The quantitative estimate of drug-likeness (QED) is 0.481. The van der Waals surface area contributed by atoms with Crippen LogP contribution < -0.4 is 0 Å². The van der Waals surface area contributed by atoms with Crippen molar-refractivity contribution in [3.8, 4) is 0 Å². The van der Waals surface area contributed by atoms with Crippen LogP contribution >= 0.6 is 0 Å². The van der Waals surface area contributed by atoms with E-state index in [2.05, 4.69) is 0 Å². The lowest BCUT2D eigenvalue weighted by atomic mass is 10.1. The molecule has 9 heavy (non-hydrogen) atoms. The molecule has 0 amide bonds. The van der Waals surface area contributed by atoms with Gasteiger partial charge in [-0.3, -0.25) is 0 Å². The van der Waals surface area contributed by atoms with E-state index in [9.17, 15) is 8.78 Å². The molecular weight excluding hydrogens is 122 g/mol. The van der Waals surface area contributed by atoms with Crippen LogP contribution in [-0.2, 0) is 0 Å². The Morgan fingerprint density at radius 1 is 1.67 bits per heavy atom. The van der Waals surface area contributed by atoms with Gasteiger partial charge in [-0.25, -0.2) is 8.78 Å². The number of hydrogen-bond donors (Lipinski definition) is 0. The first-order valence-corrected chi connectivity index (χ1v) is 3.24. The summed E-state index contributed by atoms with van der Waals surface area (Å²) in [4.78, 5) is 0. The summed E-state index contributed by atoms with van der Waals surface area (Å²) in [6, 6.07) is 0. The fourth-order valence-corrected chi connectivity index (χ4v) is 1.14. The van der Waals surface area contributed by atoms with E-state index in [1.807, 2.05) is 0 Å². The van der Waals surface area contributed by atoms with Crippen LogP contribution in [0.2, 0.25) is 0 Å². The molecule has 0 unspecified atom stereocenters. The van der Waals surface area contributed by atoms with Crippen LogP contribution in [0, 0.1) is 0 Å². The molecule has 0 aromatic heterocycles. The lowest BCUT2D eigenvalue weighted by molar-refractivity contribution is 0.0404. The van der Waals surface area contributed by atoms with Crippen molar-refractivity contribution >= 4 is 0 Å². The second kappa shape index (κ2) is 2.09. The molecule has 0 spiro atoms. The Morgan fingerprint density at radius 2 is 2.33 bits per heavy atom.